The van der Waals surface area contributed by atoms with Crippen LogP contribution in [-0.4, -0.2) is 22.6 Å². The average molecular weight is 365 g/mol. The Morgan fingerprint density at radius 3 is 3.00 bits per heavy atom. The highest BCUT2D eigenvalue weighted by molar-refractivity contribution is 7.98. The first-order valence-corrected chi connectivity index (χ1v) is 9.61. The maximum absolute atomic E-state index is 13.2. The van der Waals surface area contributed by atoms with Crippen molar-refractivity contribution in [2.45, 2.75) is 30.5 Å². The van der Waals surface area contributed by atoms with Gasteiger partial charge in [0.25, 0.3) is 5.91 Å². The number of hydrogen-bond donors (Lipinski definition) is 0. The zero-order valence-corrected chi connectivity index (χ0v) is 15.3. The van der Waals surface area contributed by atoms with Crippen LogP contribution in [0.5, 0.6) is 0 Å². The lowest BCUT2D eigenvalue weighted by atomic mass is 10.0. The first-order valence-electron chi connectivity index (χ1n) is 8.62. The number of para-hydroxylation sites is 1. The third-order valence-electron chi connectivity index (χ3n) is 4.39. The second-order valence-corrected chi connectivity index (χ2v) is 7.23. The number of benzene rings is 1. The molecule has 0 saturated heterocycles. The van der Waals surface area contributed by atoms with Gasteiger partial charge in [-0.05, 0) is 43.5 Å². The summed E-state index contributed by atoms with van der Waals surface area (Å²) >= 11 is 1.51. The highest BCUT2D eigenvalue weighted by atomic mass is 32.2. The molecule has 0 atom stereocenters. The first-order chi connectivity index (χ1) is 12.7. The van der Waals surface area contributed by atoms with E-state index >= 15 is 0 Å². The molecule has 0 unspecified atom stereocenters. The summed E-state index contributed by atoms with van der Waals surface area (Å²) in [5, 5.41) is 4.73. The predicted molar refractivity (Wildman–Crippen MR) is 101 cm³/mol. The molecule has 0 aliphatic carbocycles. The smallest absolute Gasteiger partial charge is 0.261 e. The monoisotopic (exact) mass is 365 g/mol. The van der Waals surface area contributed by atoms with Gasteiger partial charge in [-0.25, -0.2) is 4.98 Å². The number of rotatable bonds is 4. The summed E-state index contributed by atoms with van der Waals surface area (Å²) in [6.07, 6.45) is 3.71. The molecular formula is C20H19N3O2S. The summed E-state index contributed by atoms with van der Waals surface area (Å²) in [5.41, 5.74) is 3.72. The molecule has 1 aromatic carbocycles. The normalized spacial score (nSPS) is 13.5. The summed E-state index contributed by atoms with van der Waals surface area (Å²) in [6.45, 7) is 2.60. The Morgan fingerprint density at radius 2 is 2.15 bits per heavy atom. The Bertz CT molecular complexity index is 938. The minimum atomic E-state index is 0.00378. The number of aryl methyl sites for hydroxylation is 2. The molecule has 1 aliphatic heterocycles. The van der Waals surface area contributed by atoms with Crippen LogP contribution in [0.25, 0.3) is 0 Å². The van der Waals surface area contributed by atoms with E-state index in [1.165, 1.54) is 17.3 Å². The van der Waals surface area contributed by atoms with Crippen LogP contribution in [0, 0.1) is 6.92 Å². The molecule has 0 N–H and O–H groups in total. The molecule has 1 amide bonds. The molecule has 3 aromatic rings. The Labute approximate surface area is 156 Å². The molecule has 5 nitrogen and oxygen atoms in total. The highest BCUT2D eigenvalue weighted by Gasteiger charge is 2.25. The number of nitrogens with zero attached hydrogens (tertiary/aromatic N) is 3. The van der Waals surface area contributed by atoms with E-state index in [0.29, 0.717) is 11.3 Å². The van der Waals surface area contributed by atoms with E-state index in [9.17, 15) is 4.79 Å². The fraction of sp³-hybridized carbons (Fsp3) is 0.250. The van der Waals surface area contributed by atoms with Crippen molar-refractivity contribution in [3.63, 3.8) is 0 Å². The molecular weight excluding hydrogens is 346 g/mol. The van der Waals surface area contributed by atoms with Gasteiger partial charge in [-0.1, -0.05) is 35.1 Å². The van der Waals surface area contributed by atoms with Gasteiger partial charge in [-0.15, -0.1) is 0 Å². The number of pyridine rings is 1. The Morgan fingerprint density at radius 1 is 1.27 bits per heavy atom. The number of anilines is 1. The van der Waals surface area contributed by atoms with Gasteiger partial charge in [-0.3, -0.25) is 4.79 Å². The molecule has 2 aromatic heterocycles. The third-order valence-corrected chi connectivity index (χ3v) is 5.43. The molecule has 3 heterocycles. The molecule has 0 saturated carbocycles. The van der Waals surface area contributed by atoms with Crippen LogP contribution in [0.2, 0.25) is 0 Å². The number of carbonyl (C=O) groups excluding carboxylic acids is 1. The van der Waals surface area contributed by atoms with Crippen LogP contribution >= 0.6 is 11.8 Å². The lowest BCUT2D eigenvalue weighted by Crippen LogP contribution is -2.35. The summed E-state index contributed by atoms with van der Waals surface area (Å²) < 4.78 is 5.11. The van der Waals surface area contributed by atoms with Crippen LogP contribution < -0.4 is 4.90 Å². The van der Waals surface area contributed by atoms with E-state index in [-0.39, 0.29) is 5.91 Å². The van der Waals surface area contributed by atoms with Crippen molar-refractivity contribution in [3.8, 4) is 0 Å². The molecule has 1 aliphatic rings. The average Bonchev–Trinajstić information content (AvgIpc) is 3.11. The molecule has 4 rings (SSSR count). The van der Waals surface area contributed by atoms with E-state index in [1.807, 2.05) is 48.2 Å². The Balaban J connectivity index is 1.59. The topological polar surface area (TPSA) is 59.2 Å². The number of carbonyl (C=O) groups is 1. The SMILES string of the molecule is Cc1cc(CSc2ncccc2C(=O)N2CCCc3ccccc32)no1. The van der Waals surface area contributed by atoms with Crippen LogP contribution in [0.3, 0.4) is 0 Å². The zero-order chi connectivity index (χ0) is 17.9. The van der Waals surface area contributed by atoms with Crippen molar-refractivity contribution in [2.75, 3.05) is 11.4 Å². The number of fused-ring (bicyclic) bond motifs is 1. The van der Waals surface area contributed by atoms with Gasteiger partial charge >= 0.3 is 0 Å². The van der Waals surface area contributed by atoms with Crippen molar-refractivity contribution >= 4 is 23.4 Å². The van der Waals surface area contributed by atoms with E-state index in [1.54, 1.807) is 6.20 Å². The molecule has 6 heteroatoms. The van der Waals surface area contributed by atoms with Gasteiger partial charge in [0.2, 0.25) is 0 Å². The Kier molecular flexibility index (Phi) is 4.75. The summed E-state index contributed by atoms with van der Waals surface area (Å²) in [4.78, 5) is 19.5. The fourth-order valence-electron chi connectivity index (χ4n) is 3.19. The van der Waals surface area contributed by atoms with Gasteiger partial charge in [0.1, 0.15) is 10.8 Å². The molecule has 0 spiro atoms. The Hall–Kier alpha value is -2.60. The minimum absolute atomic E-state index is 0.00378. The summed E-state index contributed by atoms with van der Waals surface area (Å²) in [6, 6.07) is 13.7. The van der Waals surface area contributed by atoms with E-state index in [4.69, 9.17) is 4.52 Å². The lowest BCUT2D eigenvalue weighted by molar-refractivity contribution is 0.0981. The first kappa shape index (κ1) is 16.8. The van der Waals surface area contributed by atoms with Gasteiger partial charge in [0.15, 0.2) is 0 Å². The van der Waals surface area contributed by atoms with Gasteiger partial charge in [0.05, 0.1) is 11.3 Å². The van der Waals surface area contributed by atoms with Crippen LogP contribution in [0.4, 0.5) is 5.69 Å². The largest absolute Gasteiger partial charge is 0.361 e. The standard InChI is InChI=1S/C20H19N3O2S/c1-14-12-16(22-25-14)13-26-19-17(8-4-10-21-19)20(24)23-11-5-7-15-6-2-3-9-18(15)23/h2-4,6,8-10,12H,5,7,11,13H2,1H3. The fourth-order valence-corrected chi connectivity index (χ4v) is 4.05. The maximum atomic E-state index is 13.2. The number of hydrogen-bond acceptors (Lipinski definition) is 5. The van der Waals surface area contributed by atoms with Crippen molar-refractivity contribution in [1.82, 2.24) is 10.1 Å². The van der Waals surface area contributed by atoms with Crippen molar-refractivity contribution in [1.29, 1.82) is 0 Å². The predicted octanol–water partition coefficient (Wildman–Crippen LogP) is 4.26. The highest BCUT2D eigenvalue weighted by Crippen LogP contribution is 2.31. The van der Waals surface area contributed by atoms with Crippen molar-refractivity contribution < 1.29 is 9.32 Å². The number of amides is 1. The van der Waals surface area contributed by atoms with E-state index < -0.39 is 0 Å². The summed E-state index contributed by atoms with van der Waals surface area (Å²) in [7, 11) is 0. The van der Waals surface area contributed by atoms with Crippen LogP contribution in [-0.2, 0) is 12.2 Å². The summed E-state index contributed by atoms with van der Waals surface area (Å²) in [5.74, 6) is 1.40. The molecule has 0 fully saturated rings. The lowest BCUT2D eigenvalue weighted by Gasteiger charge is -2.29. The van der Waals surface area contributed by atoms with Crippen LogP contribution in [0.1, 0.15) is 33.8 Å². The van der Waals surface area contributed by atoms with Crippen molar-refractivity contribution in [3.05, 3.63) is 71.2 Å². The third kappa shape index (κ3) is 3.37. The second kappa shape index (κ2) is 7.33. The number of aromatic nitrogens is 2. The number of thioether (sulfide) groups is 1. The van der Waals surface area contributed by atoms with Gasteiger partial charge in [0, 0.05) is 30.2 Å². The zero-order valence-electron chi connectivity index (χ0n) is 14.5. The van der Waals surface area contributed by atoms with E-state index in [0.717, 1.165) is 41.6 Å². The molecule has 26 heavy (non-hydrogen) atoms. The quantitative estimate of drug-likeness (QED) is 0.647. The molecule has 0 radical (unpaired) electrons. The second-order valence-electron chi connectivity index (χ2n) is 6.26. The van der Waals surface area contributed by atoms with Crippen LogP contribution in [0.15, 0.2) is 58.2 Å². The van der Waals surface area contributed by atoms with E-state index in [2.05, 4.69) is 16.2 Å². The van der Waals surface area contributed by atoms with Gasteiger partial charge in [-0.2, -0.15) is 0 Å². The minimum Gasteiger partial charge on any atom is -0.361 e. The van der Waals surface area contributed by atoms with Gasteiger partial charge < -0.3 is 9.42 Å². The van der Waals surface area contributed by atoms with Crippen molar-refractivity contribution in [2.24, 2.45) is 0 Å². The molecule has 0 bridgehead atoms. The molecule has 132 valence electrons. The maximum Gasteiger partial charge on any atom is 0.261 e.